The van der Waals surface area contributed by atoms with Gasteiger partial charge in [-0.15, -0.1) is 0 Å². The molecule has 2 aromatic rings. The molecule has 1 saturated heterocycles. The van der Waals surface area contributed by atoms with Gasteiger partial charge in [0.05, 0.1) is 7.11 Å². The second kappa shape index (κ2) is 10.9. The van der Waals surface area contributed by atoms with Crippen LogP contribution in [0.1, 0.15) is 28.8 Å². The van der Waals surface area contributed by atoms with Gasteiger partial charge in [0.2, 0.25) is 5.91 Å². The van der Waals surface area contributed by atoms with Gasteiger partial charge >= 0.3 is 6.61 Å². The fourth-order valence-electron chi connectivity index (χ4n) is 3.69. The van der Waals surface area contributed by atoms with Crippen LogP contribution in [0.3, 0.4) is 0 Å². The second-order valence-corrected chi connectivity index (χ2v) is 7.44. The summed E-state index contributed by atoms with van der Waals surface area (Å²) in [5, 5.41) is 2.84. The first-order valence-corrected chi connectivity index (χ1v) is 10.3. The second-order valence-electron chi connectivity index (χ2n) is 7.44. The minimum Gasteiger partial charge on any atom is -0.493 e. The Morgan fingerprint density at radius 1 is 1.12 bits per heavy atom. The van der Waals surface area contributed by atoms with Crippen LogP contribution in [0.4, 0.5) is 13.2 Å². The highest BCUT2D eigenvalue weighted by atomic mass is 19.3. The molecule has 1 N–H and O–H groups in total. The van der Waals surface area contributed by atoms with Crippen LogP contribution >= 0.6 is 0 Å². The van der Waals surface area contributed by atoms with Crippen LogP contribution in [-0.2, 0) is 11.2 Å². The standard InChI is InChI=1S/C23H25F3N2O4/c1-31-20-14-17(6-7-19(20)32-23(25)26)22(30)28-12-9-16(10-13-28)21(29)27-11-8-15-4-2-3-5-18(15)24/h2-7,14,16,23H,8-13H2,1H3,(H,27,29). The number of hydrogen-bond donors (Lipinski definition) is 1. The molecule has 0 aliphatic carbocycles. The van der Waals surface area contributed by atoms with E-state index in [0.29, 0.717) is 44.5 Å². The number of amides is 2. The van der Waals surface area contributed by atoms with Crippen molar-refractivity contribution < 1.29 is 32.2 Å². The van der Waals surface area contributed by atoms with E-state index in [-0.39, 0.29) is 40.6 Å². The maximum atomic E-state index is 13.7. The Balaban J connectivity index is 1.50. The normalized spacial score (nSPS) is 14.3. The van der Waals surface area contributed by atoms with Crippen molar-refractivity contribution >= 4 is 11.8 Å². The highest BCUT2D eigenvalue weighted by molar-refractivity contribution is 5.95. The Morgan fingerprint density at radius 2 is 1.84 bits per heavy atom. The summed E-state index contributed by atoms with van der Waals surface area (Å²) in [5.74, 6) is -1.01. The average molecular weight is 450 g/mol. The van der Waals surface area contributed by atoms with Crippen LogP contribution < -0.4 is 14.8 Å². The van der Waals surface area contributed by atoms with E-state index in [2.05, 4.69) is 10.1 Å². The number of carbonyl (C=O) groups excluding carboxylic acids is 2. The summed E-state index contributed by atoms with van der Waals surface area (Å²) in [4.78, 5) is 26.8. The lowest BCUT2D eigenvalue weighted by atomic mass is 9.95. The summed E-state index contributed by atoms with van der Waals surface area (Å²) in [7, 11) is 1.30. The van der Waals surface area contributed by atoms with Gasteiger partial charge in [0.1, 0.15) is 5.82 Å². The van der Waals surface area contributed by atoms with E-state index in [4.69, 9.17) is 4.74 Å². The van der Waals surface area contributed by atoms with Gasteiger partial charge in [-0.1, -0.05) is 18.2 Å². The monoisotopic (exact) mass is 450 g/mol. The van der Waals surface area contributed by atoms with Gasteiger partial charge in [0, 0.05) is 31.1 Å². The van der Waals surface area contributed by atoms with Crippen LogP contribution in [0.2, 0.25) is 0 Å². The van der Waals surface area contributed by atoms with E-state index in [1.54, 1.807) is 23.1 Å². The number of hydrogen-bond acceptors (Lipinski definition) is 4. The zero-order chi connectivity index (χ0) is 23.1. The first kappa shape index (κ1) is 23.4. The van der Waals surface area contributed by atoms with Gasteiger partial charge < -0.3 is 19.7 Å². The van der Waals surface area contributed by atoms with Crippen molar-refractivity contribution in [2.24, 2.45) is 5.92 Å². The number of nitrogens with one attached hydrogen (secondary N) is 1. The summed E-state index contributed by atoms with van der Waals surface area (Å²) in [5.41, 5.74) is 0.838. The number of likely N-dealkylation sites (tertiary alicyclic amines) is 1. The van der Waals surface area contributed by atoms with E-state index in [0.717, 1.165) is 0 Å². The van der Waals surface area contributed by atoms with Crippen molar-refractivity contribution in [2.75, 3.05) is 26.7 Å². The molecule has 0 bridgehead atoms. The molecule has 1 aliphatic rings. The van der Waals surface area contributed by atoms with Gasteiger partial charge in [0.25, 0.3) is 5.91 Å². The molecule has 2 amide bonds. The summed E-state index contributed by atoms with van der Waals surface area (Å²) in [6.45, 7) is -1.88. The van der Waals surface area contributed by atoms with Crippen molar-refractivity contribution in [3.8, 4) is 11.5 Å². The number of methoxy groups -OCH3 is 1. The molecule has 172 valence electrons. The van der Waals surface area contributed by atoms with Crippen molar-refractivity contribution in [1.82, 2.24) is 10.2 Å². The van der Waals surface area contributed by atoms with Crippen molar-refractivity contribution in [3.05, 3.63) is 59.4 Å². The molecule has 9 heteroatoms. The Labute approximate surface area is 184 Å². The number of ether oxygens (including phenoxy) is 2. The maximum Gasteiger partial charge on any atom is 0.387 e. The Bertz CT molecular complexity index is 947. The highest BCUT2D eigenvalue weighted by Gasteiger charge is 2.28. The van der Waals surface area contributed by atoms with E-state index in [9.17, 15) is 22.8 Å². The molecule has 1 heterocycles. The molecule has 6 nitrogen and oxygen atoms in total. The molecular formula is C23H25F3N2O4. The molecule has 0 radical (unpaired) electrons. The third-order valence-electron chi connectivity index (χ3n) is 5.43. The van der Waals surface area contributed by atoms with Gasteiger partial charge in [0.15, 0.2) is 11.5 Å². The lowest BCUT2D eigenvalue weighted by Crippen LogP contribution is -2.43. The first-order valence-electron chi connectivity index (χ1n) is 10.3. The maximum absolute atomic E-state index is 13.7. The molecule has 0 aromatic heterocycles. The van der Waals surface area contributed by atoms with E-state index < -0.39 is 6.61 Å². The summed E-state index contributed by atoms with van der Waals surface area (Å²) in [6, 6.07) is 10.5. The summed E-state index contributed by atoms with van der Waals surface area (Å²) < 4.78 is 48.0. The summed E-state index contributed by atoms with van der Waals surface area (Å²) >= 11 is 0. The van der Waals surface area contributed by atoms with Crippen LogP contribution in [0, 0.1) is 11.7 Å². The minimum atomic E-state index is -3.00. The molecule has 2 aromatic carbocycles. The minimum absolute atomic E-state index is 0.0419. The number of carbonyl (C=O) groups is 2. The van der Waals surface area contributed by atoms with Crippen LogP contribution in [-0.4, -0.2) is 50.1 Å². The smallest absolute Gasteiger partial charge is 0.387 e. The molecule has 3 rings (SSSR count). The van der Waals surface area contributed by atoms with Crippen molar-refractivity contribution in [3.63, 3.8) is 0 Å². The average Bonchev–Trinajstić information content (AvgIpc) is 2.79. The number of halogens is 3. The third-order valence-corrected chi connectivity index (χ3v) is 5.43. The third kappa shape index (κ3) is 5.93. The molecular weight excluding hydrogens is 425 g/mol. The largest absolute Gasteiger partial charge is 0.493 e. The highest BCUT2D eigenvalue weighted by Crippen LogP contribution is 2.30. The number of alkyl halides is 2. The van der Waals surface area contributed by atoms with Crippen LogP contribution in [0.15, 0.2) is 42.5 Å². The Kier molecular flexibility index (Phi) is 7.97. The SMILES string of the molecule is COc1cc(C(=O)N2CCC(C(=O)NCCc3ccccc3F)CC2)ccc1OC(F)F. The molecule has 0 atom stereocenters. The Hall–Kier alpha value is -3.23. The van der Waals surface area contributed by atoms with Gasteiger partial charge in [-0.2, -0.15) is 8.78 Å². The van der Waals surface area contributed by atoms with Crippen molar-refractivity contribution in [1.29, 1.82) is 0 Å². The molecule has 0 spiro atoms. The number of piperidine rings is 1. The van der Waals surface area contributed by atoms with Crippen molar-refractivity contribution in [2.45, 2.75) is 25.9 Å². The predicted molar refractivity (Wildman–Crippen MR) is 111 cm³/mol. The number of benzene rings is 2. The Morgan fingerprint density at radius 3 is 2.50 bits per heavy atom. The molecule has 32 heavy (non-hydrogen) atoms. The van der Waals surface area contributed by atoms with Crippen LogP contribution in [0.25, 0.3) is 0 Å². The topological polar surface area (TPSA) is 67.9 Å². The lowest BCUT2D eigenvalue weighted by Gasteiger charge is -2.31. The van der Waals surface area contributed by atoms with Gasteiger partial charge in [-0.25, -0.2) is 4.39 Å². The number of rotatable bonds is 8. The van der Waals surface area contributed by atoms with Gasteiger partial charge in [-0.05, 0) is 49.1 Å². The zero-order valence-electron chi connectivity index (χ0n) is 17.7. The van der Waals surface area contributed by atoms with Gasteiger partial charge in [-0.3, -0.25) is 9.59 Å². The van der Waals surface area contributed by atoms with Crippen LogP contribution in [0.5, 0.6) is 11.5 Å². The number of nitrogens with zero attached hydrogens (tertiary/aromatic N) is 1. The van der Waals surface area contributed by atoms with E-state index >= 15 is 0 Å². The first-order chi connectivity index (χ1) is 15.4. The fourth-order valence-corrected chi connectivity index (χ4v) is 3.69. The lowest BCUT2D eigenvalue weighted by molar-refractivity contribution is -0.126. The quantitative estimate of drug-likeness (QED) is 0.667. The molecule has 0 saturated carbocycles. The molecule has 1 aliphatic heterocycles. The summed E-state index contributed by atoms with van der Waals surface area (Å²) in [6.07, 6.45) is 1.41. The van der Waals surface area contributed by atoms with E-state index in [1.807, 2.05) is 0 Å². The van der Waals surface area contributed by atoms with E-state index in [1.165, 1.54) is 31.4 Å². The fraction of sp³-hybridized carbons (Fsp3) is 0.391. The molecule has 1 fully saturated rings. The predicted octanol–water partition coefficient (Wildman–Crippen LogP) is 3.65. The molecule has 0 unspecified atom stereocenters. The zero-order valence-corrected chi connectivity index (χ0v) is 17.7.